The molecule has 0 bridgehead atoms. The van der Waals surface area contributed by atoms with Crippen molar-refractivity contribution in [2.24, 2.45) is 0 Å². The van der Waals surface area contributed by atoms with Crippen LogP contribution < -0.4 is 15.4 Å². The Bertz CT molecular complexity index is 746. The van der Waals surface area contributed by atoms with Gasteiger partial charge in [-0.05, 0) is 64.1 Å². The highest BCUT2D eigenvalue weighted by atomic mass is 16.5. The SMILES string of the molecule is CCOc1ccccc1C(=O)Nc1ccc(C(=O)NC(C)(C)C)cc1. The van der Waals surface area contributed by atoms with Gasteiger partial charge in [-0.15, -0.1) is 0 Å². The molecule has 5 heteroatoms. The second-order valence-electron chi connectivity index (χ2n) is 6.66. The van der Waals surface area contributed by atoms with E-state index in [1.807, 2.05) is 33.8 Å². The number of anilines is 1. The lowest BCUT2D eigenvalue weighted by Crippen LogP contribution is -2.40. The molecule has 2 aromatic carbocycles. The van der Waals surface area contributed by atoms with E-state index in [2.05, 4.69) is 10.6 Å². The summed E-state index contributed by atoms with van der Waals surface area (Å²) in [6.45, 7) is 8.14. The van der Waals surface area contributed by atoms with E-state index in [9.17, 15) is 9.59 Å². The maximum Gasteiger partial charge on any atom is 0.259 e. The summed E-state index contributed by atoms with van der Waals surface area (Å²) >= 11 is 0. The fourth-order valence-electron chi connectivity index (χ4n) is 2.25. The predicted molar refractivity (Wildman–Crippen MR) is 99.2 cm³/mol. The maximum absolute atomic E-state index is 12.4. The minimum atomic E-state index is -0.299. The summed E-state index contributed by atoms with van der Waals surface area (Å²) in [5.41, 5.74) is 1.33. The topological polar surface area (TPSA) is 67.4 Å². The molecule has 0 radical (unpaired) electrons. The summed E-state index contributed by atoms with van der Waals surface area (Å²) in [7, 11) is 0. The largest absolute Gasteiger partial charge is 0.493 e. The van der Waals surface area contributed by atoms with Crippen LogP contribution >= 0.6 is 0 Å². The highest BCUT2D eigenvalue weighted by Gasteiger charge is 2.16. The molecule has 0 aliphatic heterocycles. The molecule has 0 saturated heterocycles. The molecule has 5 nitrogen and oxygen atoms in total. The fourth-order valence-corrected chi connectivity index (χ4v) is 2.25. The van der Waals surface area contributed by atoms with Crippen LogP contribution in [0.2, 0.25) is 0 Å². The first kappa shape index (κ1) is 18.5. The summed E-state index contributed by atoms with van der Waals surface area (Å²) in [4.78, 5) is 24.6. The van der Waals surface area contributed by atoms with Crippen LogP contribution in [0.25, 0.3) is 0 Å². The molecule has 0 aliphatic rings. The lowest BCUT2D eigenvalue weighted by Gasteiger charge is -2.20. The van der Waals surface area contributed by atoms with Crippen LogP contribution in [0, 0.1) is 0 Å². The highest BCUT2D eigenvalue weighted by molar-refractivity contribution is 6.06. The van der Waals surface area contributed by atoms with Gasteiger partial charge in [0.05, 0.1) is 12.2 Å². The number of nitrogens with one attached hydrogen (secondary N) is 2. The Hall–Kier alpha value is -2.82. The molecule has 0 atom stereocenters. The number of hydrogen-bond donors (Lipinski definition) is 2. The van der Waals surface area contributed by atoms with Crippen molar-refractivity contribution in [2.75, 3.05) is 11.9 Å². The molecule has 2 rings (SSSR count). The van der Waals surface area contributed by atoms with Crippen molar-refractivity contribution in [3.63, 3.8) is 0 Å². The maximum atomic E-state index is 12.4. The second kappa shape index (κ2) is 7.83. The van der Waals surface area contributed by atoms with E-state index in [1.54, 1.807) is 42.5 Å². The van der Waals surface area contributed by atoms with Crippen molar-refractivity contribution in [1.29, 1.82) is 0 Å². The van der Waals surface area contributed by atoms with Gasteiger partial charge in [-0.3, -0.25) is 9.59 Å². The van der Waals surface area contributed by atoms with Gasteiger partial charge in [0.1, 0.15) is 5.75 Å². The number of amides is 2. The van der Waals surface area contributed by atoms with Gasteiger partial charge in [0, 0.05) is 16.8 Å². The standard InChI is InChI=1S/C20H24N2O3/c1-5-25-17-9-7-6-8-16(17)19(24)21-15-12-10-14(11-13-15)18(23)22-20(2,3)4/h6-13H,5H2,1-4H3,(H,21,24)(H,22,23). The van der Waals surface area contributed by atoms with Gasteiger partial charge >= 0.3 is 0 Å². The summed E-state index contributed by atoms with van der Waals surface area (Å²) in [5, 5.41) is 5.72. The summed E-state index contributed by atoms with van der Waals surface area (Å²) in [5.74, 6) is 0.145. The number of hydrogen-bond acceptors (Lipinski definition) is 3. The second-order valence-corrected chi connectivity index (χ2v) is 6.66. The van der Waals surface area contributed by atoms with E-state index in [-0.39, 0.29) is 17.4 Å². The van der Waals surface area contributed by atoms with Gasteiger partial charge < -0.3 is 15.4 Å². The molecule has 0 saturated carbocycles. The van der Waals surface area contributed by atoms with Crippen molar-refractivity contribution in [1.82, 2.24) is 5.32 Å². The van der Waals surface area contributed by atoms with Crippen LogP contribution in [0.1, 0.15) is 48.4 Å². The van der Waals surface area contributed by atoms with Gasteiger partial charge in [0.25, 0.3) is 11.8 Å². The molecule has 0 aliphatic carbocycles. The van der Waals surface area contributed by atoms with Gasteiger partial charge in [0.2, 0.25) is 0 Å². The Labute approximate surface area is 148 Å². The number of para-hydroxylation sites is 1. The number of ether oxygens (including phenoxy) is 1. The van der Waals surface area contributed by atoms with E-state index in [4.69, 9.17) is 4.74 Å². The zero-order chi connectivity index (χ0) is 18.4. The third-order valence-electron chi connectivity index (χ3n) is 3.33. The van der Waals surface area contributed by atoms with Crippen molar-refractivity contribution in [2.45, 2.75) is 33.2 Å². The molecule has 0 heterocycles. The van der Waals surface area contributed by atoms with Crippen molar-refractivity contribution >= 4 is 17.5 Å². The number of benzene rings is 2. The first-order chi connectivity index (χ1) is 11.8. The van der Waals surface area contributed by atoms with Crippen molar-refractivity contribution < 1.29 is 14.3 Å². The summed E-state index contributed by atoms with van der Waals surface area (Å²) < 4.78 is 5.48. The third kappa shape index (κ3) is 5.35. The lowest BCUT2D eigenvalue weighted by molar-refractivity contribution is 0.0919. The van der Waals surface area contributed by atoms with Gasteiger partial charge in [-0.2, -0.15) is 0 Å². The normalized spacial score (nSPS) is 10.9. The van der Waals surface area contributed by atoms with Crippen LogP contribution in [-0.4, -0.2) is 24.0 Å². The molecule has 0 aromatic heterocycles. The summed E-state index contributed by atoms with van der Waals surface area (Å²) in [6.07, 6.45) is 0. The van der Waals surface area contributed by atoms with Gasteiger partial charge in [0.15, 0.2) is 0 Å². The number of carbonyl (C=O) groups is 2. The molecule has 132 valence electrons. The highest BCUT2D eigenvalue weighted by Crippen LogP contribution is 2.20. The molecule has 0 fully saturated rings. The zero-order valence-corrected chi connectivity index (χ0v) is 15.1. The Morgan fingerprint density at radius 1 is 0.960 bits per heavy atom. The van der Waals surface area contributed by atoms with Gasteiger partial charge in [-0.1, -0.05) is 12.1 Å². The molecular weight excluding hydrogens is 316 g/mol. The molecule has 0 unspecified atom stereocenters. The van der Waals surface area contributed by atoms with Crippen LogP contribution in [0.15, 0.2) is 48.5 Å². The first-order valence-corrected chi connectivity index (χ1v) is 8.26. The van der Waals surface area contributed by atoms with Crippen LogP contribution in [-0.2, 0) is 0 Å². The van der Waals surface area contributed by atoms with Gasteiger partial charge in [-0.25, -0.2) is 0 Å². The van der Waals surface area contributed by atoms with E-state index >= 15 is 0 Å². The quantitative estimate of drug-likeness (QED) is 0.868. The lowest BCUT2D eigenvalue weighted by atomic mass is 10.1. The minimum Gasteiger partial charge on any atom is -0.493 e. The molecule has 2 aromatic rings. The first-order valence-electron chi connectivity index (χ1n) is 8.26. The van der Waals surface area contributed by atoms with E-state index < -0.39 is 0 Å². The van der Waals surface area contributed by atoms with Crippen molar-refractivity contribution in [3.8, 4) is 5.75 Å². The van der Waals surface area contributed by atoms with E-state index in [0.717, 1.165) is 0 Å². The Morgan fingerprint density at radius 2 is 1.60 bits per heavy atom. The smallest absolute Gasteiger partial charge is 0.259 e. The van der Waals surface area contributed by atoms with E-state index in [0.29, 0.717) is 29.2 Å². The van der Waals surface area contributed by atoms with E-state index in [1.165, 1.54) is 0 Å². The Kier molecular flexibility index (Phi) is 5.80. The molecule has 25 heavy (non-hydrogen) atoms. The van der Waals surface area contributed by atoms with Crippen LogP contribution in [0.5, 0.6) is 5.75 Å². The Morgan fingerprint density at radius 3 is 2.20 bits per heavy atom. The summed E-state index contributed by atoms with van der Waals surface area (Å²) in [6, 6.07) is 13.9. The average Bonchev–Trinajstić information content (AvgIpc) is 2.54. The zero-order valence-electron chi connectivity index (χ0n) is 15.1. The molecule has 2 N–H and O–H groups in total. The van der Waals surface area contributed by atoms with Crippen molar-refractivity contribution in [3.05, 3.63) is 59.7 Å². The Balaban J connectivity index is 2.09. The fraction of sp³-hybridized carbons (Fsp3) is 0.300. The van der Waals surface area contributed by atoms with Crippen LogP contribution in [0.3, 0.4) is 0 Å². The number of carbonyl (C=O) groups excluding carboxylic acids is 2. The minimum absolute atomic E-state index is 0.146. The average molecular weight is 340 g/mol. The monoisotopic (exact) mass is 340 g/mol. The number of rotatable bonds is 5. The van der Waals surface area contributed by atoms with Crippen LogP contribution in [0.4, 0.5) is 5.69 Å². The third-order valence-corrected chi connectivity index (χ3v) is 3.33. The molecule has 2 amide bonds. The molecule has 0 spiro atoms. The predicted octanol–water partition coefficient (Wildman–Crippen LogP) is 3.87. The molecular formula is C20H24N2O3.